The third-order valence-electron chi connectivity index (χ3n) is 3.99. The summed E-state index contributed by atoms with van der Waals surface area (Å²) in [5, 5.41) is 7.27. The number of nitrogens with one attached hydrogen (secondary N) is 1. The summed E-state index contributed by atoms with van der Waals surface area (Å²) in [5.41, 5.74) is 2.13. The maximum absolute atomic E-state index is 12.7. The van der Waals surface area contributed by atoms with Gasteiger partial charge in [0.15, 0.2) is 9.84 Å². The molecule has 140 valence electrons. The first kappa shape index (κ1) is 19.1. The highest BCUT2D eigenvalue weighted by atomic mass is 35.5. The SMILES string of the molecule is Cc1nn(Cc2ccccc2)c(Cl)c1C(=O)Nc1cccc(S(C)(=O)=O)c1. The number of benzene rings is 2. The van der Waals surface area contributed by atoms with E-state index in [4.69, 9.17) is 11.6 Å². The summed E-state index contributed by atoms with van der Waals surface area (Å²) in [7, 11) is -3.37. The van der Waals surface area contributed by atoms with Gasteiger partial charge in [-0.25, -0.2) is 13.1 Å². The summed E-state index contributed by atoms with van der Waals surface area (Å²) < 4.78 is 24.9. The number of carbonyl (C=O) groups is 1. The minimum absolute atomic E-state index is 0.128. The molecule has 3 aromatic rings. The summed E-state index contributed by atoms with van der Waals surface area (Å²) in [5.74, 6) is -0.442. The molecule has 8 heteroatoms. The van der Waals surface area contributed by atoms with Crippen molar-refractivity contribution in [3.63, 3.8) is 0 Å². The van der Waals surface area contributed by atoms with Crippen LogP contribution in [0.25, 0.3) is 0 Å². The highest BCUT2D eigenvalue weighted by Crippen LogP contribution is 2.23. The van der Waals surface area contributed by atoms with Gasteiger partial charge < -0.3 is 5.32 Å². The zero-order valence-corrected chi connectivity index (χ0v) is 16.4. The van der Waals surface area contributed by atoms with Crippen molar-refractivity contribution in [2.45, 2.75) is 18.4 Å². The van der Waals surface area contributed by atoms with E-state index in [1.165, 1.54) is 12.1 Å². The molecule has 0 aliphatic rings. The van der Waals surface area contributed by atoms with Crippen molar-refractivity contribution in [3.8, 4) is 0 Å². The molecule has 0 saturated heterocycles. The molecule has 0 aliphatic carbocycles. The van der Waals surface area contributed by atoms with Crippen LogP contribution in [0.15, 0.2) is 59.5 Å². The van der Waals surface area contributed by atoms with E-state index in [1.807, 2.05) is 30.3 Å². The lowest BCUT2D eigenvalue weighted by Gasteiger charge is -2.07. The summed E-state index contributed by atoms with van der Waals surface area (Å²) in [4.78, 5) is 12.8. The van der Waals surface area contributed by atoms with Gasteiger partial charge in [-0.15, -0.1) is 0 Å². The number of carbonyl (C=O) groups excluding carboxylic acids is 1. The van der Waals surface area contributed by atoms with E-state index in [0.717, 1.165) is 11.8 Å². The number of anilines is 1. The van der Waals surface area contributed by atoms with Crippen molar-refractivity contribution in [1.29, 1.82) is 0 Å². The monoisotopic (exact) mass is 403 g/mol. The Hall–Kier alpha value is -2.64. The third kappa shape index (κ3) is 4.37. The maximum Gasteiger partial charge on any atom is 0.260 e. The Bertz CT molecular complexity index is 1090. The molecule has 0 spiro atoms. The first-order valence-electron chi connectivity index (χ1n) is 8.14. The number of rotatable bonds is 5. The Balaban J connectivity index is 1.85. The zero-order chi connectivity index (χ0) is 19.6. The molecule has 1 aromatic heterocycles. The molecule has 27 heavy (non-hydrogen) atoms. The van der Waals surface area contributed by atoms with Crippen LogP contribution >= 0.6 is 11.6 Å². The molecule has 2 aromatic carbocycles. The van der Waals surface area contributed by atoms with Crippen molar-refractivity contribution in [2.24, 2.45) is 0 Å². The third-order valence-corrected chi connectivity index (χ3v) is 5.48. The largest absolute Gasteiger partial charge is 0.322 e. The molecule has 0 radical (unpaired) electrons. The normalized spacial score (nSPS) is 11.4. The van der Waals surface area contributed by atoms with Gasteiger partial charge in [-0.3, -0.25) is 4.79 Å². The maximum atomic E-state index is 12.7. The minimum atomic E-state index is -3.37. The van der Waals surface area contributed by atoms with Crippen molar-refractivity contribution in [1.82, 2.24) is 9.78 Å². The smallest absolute Gasteiger partial charge is 0.260 e. The Morgan fingerprint density at radius 3 is 2.52 bits per heavy atom. The van der Waals surface area contributed by atoms with Crippen LogP contribution in [0, 0.1) is 6.92 Å². The predicted molar refractivity (Wildman–Crippen MR) is 105 cm³/mol. The standard InChI is InChI=1S/C19H18ClN3O3S/c1-13-17(18(20)23(22-13)12-14-7-4-3-5-8-14)19(24)21-15-9-6-10-16(11-15)27(2,25)26/h3-11H,12H2,1-2H3,(H,21,24). The molecule has 6 nitrogen and oxygen atoms in total. The van der Waals surface area contributed by atoms with Crippen LogP contribution in [0.4, 0.5) is 5.69 Å². The lowest BCUT2D eigenvalue weighted by atomic mass is 10.2. The van der Waals surface area contributed by atoms with E-state index in [0.29, 0.717) is 17.9 Å². The van der Waals surface area contributed by atoms with Crippen LogP contribution < -0.4 is 5.32 Å². The highest BCUT2D eigenvalue weighted by molar-refractivity contribution is 7.90. The second kappa shape index (κ2) is 7.54. The Labute approximate surface area is 162 Å². The number of aryl methyl sites for hydroxylation is 1. The molecule has 0 bridgehead atoms. The van der Waals surface area contributed by atoms with Gasteiger partial charge in [0, 0.05) is 11.9 Å². The Morgan fingerprint density at radius 1 is 1.15 bits per heavy atom. The topological polar surface area (TPSA) is 81.1 Å². The predicted octanol–water partition coefficient (Wildman–Crippen LogP) is 3.55. The summed E-state index contributed by atoms with van der Waals surface area (Å²) >= 11 is 6.39. The van der Waals surface area contributed by atoms with E-state index in [2.05, 4.69) is 10.4 Å². The van der Waals surface area contributed by atoms with Gasteiger partial charge in [0.05, 0.1) is 22.7 Å². The van der Waals surface area contributed by atoms with Gasteiger partial charge in [-0.1, -0.05) is 48.0 Å². The first-order valence-corrected chi connectivity index (χ1v) is 10.4. The van der Waals surface area contributed by atoms with E-state index < -0.39 is 15.7 Å². The number of hydrogen-bond donors (Lipinski definition) is 1. The second-order valence-corrected chi connectivity index (χ2v) is 8.52. The molecule has 1 amide bonds. The second-order valence-electron chi connectivity index (χ2n) is 6.15. The number of sulfone groups is 1. The molecule has 1 N–H and O–H groups in total. The van der Waals surface area contributed by atoms with Crippen LogP contribution in [0.2, 0.25) is 5.15 Å². The van der Waals surface area contributed by atoms with Crippen LogP contribution in [0.5, 0.6) is 0 Å². The van der Waals surface area contributed by atoms with Crippen molar-refractivity contribution < 1.29 is 13.2 Å². The quantitative estimate of drug-likeness (QED) is 0.706. The highest BCUT2D eigenvalue weighted by Gasteiger charge is 2.21. The van der Waals surface area contributed by atoms with Crippen molar-refractivity contribution >= 4 is 33.0 Å². The molecule has 1 heterocycles. The minimum Gasteiger partial charge on any atom is -0.322 e. The Kier molecular flexibility index (Phi) is 5.34. The van der Waals surface area contributed by atoms with Gasteiger partial charge in [0.2, 0.25) is 0 Å². The molecule has 3 rings (SSSR count). The fourth-order valence-electron chi connectivity index (χ4n) is 2.67. The van der Waals surface area contributed by atoms with Crippen LogP contribution in [0.3, 0.4) is 0 Å². The summed E-state index contributed by atoms with van der Waals surface area (Å²) in [6.07, 6.45) is 1.11. The van der Waals surface area contributed by atoms with Gasteiger partial charge >= 0.3 is 0 Å². The molecule has 0 fully saturated rings. The number of amides is 1. The van der Waals surface area contributed by atoms with E-state index in [1.54, 1.807) is 23.7 Å². The summed E-state index contributed by atoms with van der Waals surface area (Å²) in [6, 6.07) is 15.7. The average Bonchev–Trinajstić information content (AvgIpc) is 2.89. The lowest BCUT2D eigenvalue weighted by Crippen LogP contribution is -2.13. The fraction of sp³-hybridized carbons (Fsp3) is 0.158. The first-order chi connectivity index (χ1) is 12.8. The van der Waals surface area contributed by atoms with Crippen molar-refractivity contribution in [3.05, 3.63) is 76.6 Å². The number of aromatic nitrogens is 2. The number of nitrogens with zero attached hydrogens (tertiary/aromatic N) is 2. The molecule has 0 aliphatic heterocycles. The van der Waals surface area contributed by atoms with Gasteiger partial charge in [0.1, 0.15) is 5.15 Å². The van der Waals surface area contributed by atoms with Crippen LogP contribution in [-0.4, -0.2) is 30.4 Å². The molecular weight excluding hydrogens is 386 g/mol. The fourth-order valence-corrected chi connectivity index (χ4v) is 3.66. The van der Waals surface area contributed by atoms with E-state index in [-0.39, 0.29) is 15.6 Å². The lowest BCUT2D eigenvalue weighted by molar-refractivity contribution is 0.102. The average molecular weight is 404 g/mol. The molecular formula is C19H18ClN3O3S. The number of hydrogen-bond acceptors (Lipinski definition) is 4. The summed E-state index contributed by atoms with van der Waals surface area (Å²) in [6.45, 7) is 2.15. The van der Waals surface area contributed by atoms with Crippen LogP contribution in [0.1, 0.15) is 21.6 Å². The molecule has 0 saturated carbocycles. The van der Waals surface area contributed by atoms with E-state index in [9.17, 15) is 13.2 Å². The van der Waals surface area contributed by atoms with Gasteiger partial charge in [-0.05, 0) is 30.7 Å². The number of halogens is 1. The van der Waals surface area contributed by atoms with Crippen molar-refractivity contribution in [2.75, 3.05) is 11.6 Å². The van der Waals surface area contributed by atoms with E-state index >= 15 is 0 Å². The van der Waals surface area contributed by atoms with Gasteiger partial charge in [0.25, 0.3) is 5.91 Å². The van der Waals surface area contributed by atoms with Gasteiger partial charge in [-0.2, -0.15) is 5.10 Å². The Morgan fingerprint density at radius 2 is 1.85 bits per heavy atom. The molecule has 0 unspecified atom stereocenters. The zero-order valence-electron chi connectivity index (χ0n) is 14.8. The molecule has 0 atom stereocenters. The van der Waals surface area contributed by atoms with Crippen LogP contribution in [-0.2, 0) is 16.4 Å².